The number of nitrogen functional groups attached to an aromatic ring is 1. The lowest BCUT2D eigenvalue weighted by Crippen LogP contribution is -2.42. The van der Waals surface area contributed by atoms with Crippen LogP contribution in [-0.2, 0) is 0 Å². The highest BCUT2D eigenvalue weighted by atomic mass is 15.3. The molecule has 5 heteroatoms. The normalized spacial score (nSPS) is 27.7. The molecule has 1 aliphatic carbocycles. The van der Waals surface area contributed by atoms with Gasteiger partial charge in [-0.25, -0.2) is 10.8 Å². The molecular formula is C13H21N5. The number of rotatable bonds is 2. The van der Waals surface area contributed by atoms with Crippen LogP contribution in [0.3, 0.4) is 0 Å². The van der Waals surface area contributed by atoms with Crippen molar-refractivity contribution in [1.29, 1.82) is 0 Å². The number of hydrazine groups is 1. The third-order valence-corrected chi connectivity index (χ3v) is 4.39. The molecule has 0 spiro atoms. The maximum absolute atomic E-state index is 5.36. The fourth-order valence-electron chi connectivity index (χ4n) is 3.40. The molecule has 2 heterocycles. The Kier molecular flexibility index (Phi) is 3.32. The molecule has 1 aliphatic heterocycles. The van der Waals surface area contributed by atoms with E-state index in [2.05, 4.69) is 20.3 Å². The molecule has 1 aromatic rings. The van der Waals surface area contributed by atoms with Gasteiger partial charge < -0.3 is 4.90 Å². The van der Waals surface area contributed by atoms with Crippen LogP contribution in [0.15, 0.2) is 12.3 Å². The molecule has 2 fully saturated rings. The number of piperidine rings is 1. The van der Waals surface area contributed by atoms with Gasteiger partial charge in [0.1, 0.15) is 5.82 Å². The van der Waals surface area contributed by atoms with Crippen LogP contribution in [0.2, 0.25) is 0 Å². The zero-order valence-electron chi connectivity index (χ0n) is 10.7. The molecule has 0 bridgehead atoms. The Bertz CT molecular complexity index is 408. The van der Waals surface area contributed by atoms with Gasteiger partial charge in [0, 0.05) is 19.3 Å². The van der Waals surface area contributed by atoms with Crippen molar-refractivity contribution in [3.05, 3.63) is 12.3 Å². The molecule has 1 saturated carbocycles. The zero-order valence-corrected chi connectivity index (χ0v) is 10.7. The van der Waals surface area contributed by atoms with Crippen molar-refractivity contribution in [3.8, 4) is 0 Å². The van der Waals surface area contributed by atoms with Crippen molar-refractivity contribution in [2.75, 3.05) is 23.4 Å². The first-order valence-electron chi connectivity index (χ1n) is 6.91. The van der Waals surface area contributed by atoms with E-state index in [1.807, 2.05) is 6.07 Å². The molecule has 3 rings (SSSR count). The Labute approximate surface area is 108 Å². The summed E-state index contributed by atoms with van der Waals surface area (Å²) in [6.45, 7) is 2.26. The number of hydrogen-bond acceptors (Lipinski definition) is 5. The highest BCUT2D eigenvalue weighted by molar-refractivity contribution is 5.42. The lowest BCUT2D eigenvalue weighted by Gasteiger charge is -2.41. The van der Waals surface area contributed by atoms with Crippen LogP contribution in [-0.4, -0.2) is 23.1 Å². The summed E-state index contributed by atoms with van der Waals surface area (Å²) in [5.74, 6) is 8.67. The van der Waals surface area contributed by atoms with Gasteiger partial charge in [0.2, 0.25) is 5.95 Å². The SMILES string of the molecule is NNc1nccc(N2CCC3CCCCC3C2)n1. The number of aromatic nitrogens is 2. The Balaban J connectivity index is 1.72. The van der Waals surface area contributed by atoms with Gasteiger partial charge in [0.05, 0.1) is 0 Å². The van der Waals surface area contributed by atoms with Gasteiger partial charge in [0.25, 0.3) is 0 Å². The van der Waals surface area contributed by atoms with E-state index in [0.29, 0.717) is 5.95 Å². The molecule has 0 aromatic carbocycles. The van der Waals surface area contributed by atoms with Gasteiger partial charge in [-0.3, -0.25) is 5.43 Å². The summed E-state index contributed by atoms with van der Waals surface area (Å²) in [5.41, 5.74) is 2.51. The van der Waals surface area contributed by atoms with Crippen LogP contribution in [0.1, 0.15) is 32.1 Å². The number of fused-ring (bicyclic) bond motifs is 1. The fraction of sp³-hybridized carbons (Fsp3) is 0.692. The standard InChI is InChI=1S/C13H21N5/c14-17-13-15-7-5-12(16-13)18-8-6-10-3-1-2-4-11(10)9-18/h5,7,10-11H,1-4,6,8-9,14H2,(H,15,16,17). The first kappa shape index (κ1) is 11.7. The highest BCUT2D eigenvalue weighted by Crippen LogP contribution is 2.37. The van der Waals surface area contributed by atoms with E-state index in [0.717, 1.165) is 30.7 Å². The molecule has 2 aliphatic rings. The number of hydrogen-bond donors (Lipinski definition) is 2. The summed E-state index contributed by atoms with van der Waals surface area (Å²) in [6.07, 6.45) is 8.71. The van der Waals surface area contributed by atoms with Gasteiger partial charge >= 0.3 is 0 Å². The first-order valence-corrected chi connectivity index (χ1v) is 6.91. The summed E-state index contributed by atoms with van der Waals surface area (Å²) < 4.78 is 0. The third kappa shape index (κ3) is 2.27. The molecule has 2 unspecified atom stereocenters. The van der Waals surface area contributed by atoms with Crippen molar-refractivity contribution in [2.45, 2.75) is 32.1 Å². The molecule has 3 N–H and O–H groups in total. The minimum absolute atomic E-state index is 0.498. The van der Waals surface area contributed by atoms with Crippen LogP contribution in [0.4, 0.5) is 11.8 Å². The third-order valence-electron chi connectivity index (χ3n) is 4.39. The van der Waals surface area contributed by atoms with E-state index in [-0.39, 0.29) is 0 Å². The Morgan fingerprint density at radius 2 is 2.06 bits per heavy atom. The maximum atomic E-state index is 5.36. The Morgan fingerprint density at radius 1 is 1.22 bits per heavy atom. The smallest absolute Gasteiger partial charge is 0.239 e. The van der Waals surface area contributed by atoms with Gasteiger partial charge in [-0.2, -0.15) is 4.98 Å². The second kappa shape index (κ2) is 5.10. The minimum atomic E-state index is 0.498. The monoisotopic (exact) mass is 247 g/mol. The van der Waals surface area contributed by atoms with Crippen LogP contribution in [0.25, 0.3) is 0 Å². The minimum Gasteiger partial charge on any atom is -0.356 e. The second-order valence-corrected chi connectivity index (χ2v) is 5.42. The Hall–Kier alpha value is -1.36. The zero-order chi connectivity index (χ0) is 12.4. The van der Waals surface area contributed by atoms with Crippen molar-refractivity contribution in [1.82, 2.24) is 9.97 Å². The van der Waals surface area contributed by atoms with E-state index in [9.17, 15) is 0 Å². The molecule has 1 aromatic heterocycles. The van der Waals surface area contributed by atoms with Crippen molar-refractivity contribution < 1.29 is 0 Å². The van der Waals surface area contributed by atoms with Gasteiger partial charge in [-0.05, 0) is 30.7 Å². The van der Waals surface area contributed by atoms with Crippen molar-refractivity contribution >= 4 is 11.8 Å². The molecule has 1 saturated heterocycles. The molecule has 0 amide bonds. The van der Waals surface area contributed by atoms with Gasteiger partial charge in [-0.1, -0.05) is 19.3 Å². The number of nitrogens with two attached hydrogens (primary N) is 1. The van der Waals surface area contributed by atoms with Crippen LogP contribution in [0, 0.1) is 11.8 Å². The Morgan fingerprint density at radius 3 is 2.89 bits per heavy atom. The van der Waals surface area contributed by atoms with Crippen molar-refractivity contribution in [2.24, 2.45) is 17.7 Å². The quantitative estimate of drug-likeness (QED) is 0.616. The first-order chi connectivity index (χ1) is 8.86. The van der Waals surface area contributed by atoms with E-state index in [4.69, 9.17) is 5.84 Å². The second-order valence-electron chi connectivity index (χ2n) is 5.42. The molecule has 2 atom stereocenters. The molecular weight excluding hydrogens is 226 g/mol. The molecule has 0 radical (unpaired) electrons. The number of nitrogens with one attached hydrogen (secondary N) is 1. The van der Waals surface area contributed by atoms with Crippen molar-refractivity contribution in [3.63, 3.8) is 0 Å². The van der Waals surface area contributed by atoms with Gasteiger partial charge in [-0.15, -0.1) is 0 Å². The average Bonchev–Trinajstić information content (AvgIpc) is 2.47. The van der Waals surface area contributed by atoms with E-state index >= 15 is 0 Å². The van der Waals surface area contributed by atoms with Crippen LogP contribution in [0.5, 0.6) is 0 Å². The largest absolute Gasteiger partial charge is 0.356 e. The lowest BCUT2D eigenvalue weighted by molar-refractivity contribution is 0.202. The maximum Gasteiger partial charge on any atom is 0.239 e. The summed E-state index contributed by atoms with van der Waals surface area (Å²) in [5, 5.41) is 0. The topological polar surface area (TPSA) is 67.1 Å². The predicted molar refractivity (Wildman–Crippen MR) is 72.1 cm³/mol. The molecule has 5 nitrogen and oxygen atoms in total. The lowest BCUT2D eigenvalue weighted by atomic mass is 9.75. The van der Waals surface area contributed by atoms with E-state index < -0.39 is 0 Å². The van der Waals surface area contributed by atoms with Gasteiger partial charge in [0.15, 0.2) is 0 Å². The molecule has 98 valence electrons. The summed E-state index contributed by atoms with van der Waals surface area (Å²) >= 11 is 0. The van der Waals surface area contributed by atoms with E-state index in [1.54, 1.807) is 6.20 Å². The number of anilines is 2. The summed E-state index contributed by atoms with van der Waals surface area (Å²) in [4.78, 5) is 10.9. The predicted octanol–water partition coefficient (Wildman–Crippen LogP) is 1.78. The van der Waals surface area contributed by atoms with E-state index in [1.165, 1.54) is 32.1 Å². The summed E-state index contributed by atoms with van der Waals surface area (Å²) in [6, 6.07) is 1.98. The molecule has 18 heavy (non-hydrogen) atoms. The highest BCUT2D eigenvalue weighted by Gasteiger charge is 2.31. The average molecular weight is 247 g/mol. The van der Waals surface area contributed by atoms with Crippen LogP contribution < -0.4 is 16.2 Å². The van der Waals surface area contributed by atoms with Crippen LogP contribution >= 0.6 is 0 Å². The number of nitrogens with zero attached hydrogens (tertiary/aromatic N) is 3. The summed E-state index contributed by atoms with van der Waals surface area (Å²) in [7, 11) is 0. The fourth-order valence-corrected chi connectivity index (χ4v) is 3.40.